The number of halogens is 1. The molecule has 0 aliphatic heterocycles. The summed E-state index contributed by atoms with van der Waals surface area (Å²) < 4.78 is 13.1. The minimum Gasteiger partial charge on any atom is -0.313 e. The lowest BCUT2D eigenvalue weighted by molar-refractivity contribution is 0.283. The molecule has 114 valence electrons. The highest BCUT2D eigenvalue weighted by Gasteiger charge is 2.31. The van der Waals surface area contributed by atoms with Gasteiger partial charge in [-0.2, -0.15) is 0 Å². The Morgan fingerprint density at radius 2 is 1.75 bits per heavy atom. The van der Waals surface area contributed by atoms with Crippen LogP contribution in [0, 0.1) is 11.7 Å². The Morgan fingerprint density at radius 1 is 1.15 bits per heavy atom. The SMILES string of the molecule is CCCNC(CC(C)CC)C(C)(C)c1ccc(F)cc1. The van der Waals surface area contributed by atoms with Gasteiger partial charge in [-0.05, 0) is 43.0 Å². The molecule has 0 bridgehead atoms. The van der Waals surface area contributed by atoms with Crippen LogP contribution in [0.15, 0.2) is 24.3 Å². The molecule has 1 aromatic rings. The summed E-state index contributed by atoms with van der Waals surface area (Å²) in [6.07, 6.45) is 3.49. The van der Waals surface area contributed by atoms with Crippen molar-refractivity contribution in [3.63, 3.8) is 0 Å². The molecule has 1 rings (SSSR count). The summed E-state index contributed by atoms with van der Waals surface area (Å²) in [5.74, 6) is 0.536. The first-order valence-electron chi connectivity index (χ1n) is 7.91. The van der Waals surface area contributed by atoms with Crippen molar-refractivity contribution in [2.75, 3.05) is 6.54 Å². The Hall–Kier alpha value is -0.890. The molecule has 0 aliphatic carbocycles. The Bertz CT molecular complexity index is 383. The lowest BCUT2D eigenvalue weighted by Gasteiger charge is -2.37. The smallest absolute Gasteiger partial charge is 0.123 e. The molecule has 0 aliphatic rings. The van der Waals surface area contributed by atoms with E-state index < -0.39 is 0 Å². The Kier molecular flexibility index (Phi) is 6.67. The van der Waals surface area contributed by atoms with Crippen molar-refractivity contribution >= 4 is 0 Å². The molecule has 0 saturated carbocycles. The van der Waals surface area contributed by atoms with E-state index in [-0.39, 0.29) is 11.2 Å². The van der Waals surface area contributed by atoms with Gasteiger partial charge >= 0.3 is 0 Å². The summed E-state index contributed by atoms with van der Waals surface area (Å²) >= 11 is 0. The fraction of sp³-hybridized carbons (Fsp3) is 0.667. The zero-order chi connectivity index (χ0) is 15.2. The van der Waals surface area contributed by atoms with Gasteiger partial charge in [0, 0.05) is 11.5 Å². The second kappa shape index (κ2) is 7.78. The van der Waals surface area contributed by atoms with Crippen LogP contribution in [0.2, 0.25) is 0 Å². The molecule has 0 aromatic heterocycles. The van der Waals surface area contributed by atoms with Crippen molar-refractivity contribution in [3.05, 3.63) is 35.6 Å². The van der Waals surface area contributed by atoms with Crippen LogP contribution in [0.3, 0.4) is 0 Å². The number of hydrogen-bond donors (Lipinski definition) is 1. The maximum absolute atomic E-state index is 13.1. The molecule has 0 fully saturated rings. The van der Waals surface area contributed by atoms with Crippen LogP contribution in [-0.4, -0.2) is 12.6 Å². The third-order valence-electron chi connectivity index (χ3n) is 4.44. The Balaban J connectivity index is 2.92. The van der Waals surface area contributed by atoms with Crippen LogP contribution < -0.4 is 5.32 Å². The van der Waals surface area contributed by atoms with E-state index in [4.69, 9.17) is 0 Å². The van der Waals surface area contributed by atoms with Gasteiger partial charge in [-0.1, -0.05) is 53.2 Å². The van der Waals surface area contributed by atoms with Gasteiger partial charge in [-0.3, -0.25) is 0 Å². The highest BCUT2D eigenvalue weighted by molar-refractivity contribution is 5.26. The molecule has 2 heteroatoms. The first-order valence-corrected chi connectivity index (χ1v) is 7.91. The van der Waals surface area contributed by atoms with E-state index in [2.05, 4.69) is 39.9 Å². The molecule has 0 heterocycles. The van der Waals surface area contributed by atoms with E-state index in [1.807, 2.05) is 12.1 Å². The van der Waals surface area contributed by atoms with E-state index in [1.54, 1.807) is 12.1 Å². The van der Waals surface area contributed by atoms with Crippen LogP contribution in [0.5, 0.6) is 0 Å². The topological polar surface area (TPSA) is 12.0 Å². The third-order valence-corrected chi connectivity index (χ3v) is 4.44. The number of hydrogen-bond acceptors (Lipinski definition) is 1. The van der Waals surface area contributed by atoms with Crippen LogP contribution in [0.4, 0.5) is 4.39 Å². The van der Waals surface area contributed by atoms with Crippen LogP contribution in [-0.2, 0) is 5.41 Å². The average Bonchev–Trinajstić information content (AvgIpc) is 2.43. The first kappa shape index (κ1) is 17.2. The lowest BCUT2D eigenvalue weighted by Crippen LogP contribution is -2.46. The van der Waals surface area contributed by atoms with Gasteiger partial charge < -0.3 is 5.32 Å². The quantitative estimate of drug-likeness (QED) is 0.713. The summed E-state index contributed by atoms with van der Waals surface area (Å²) in [7, 11) is 0. The fourth-order valence-electron chi connectivity index (χ4n) is 2.60. The standard InChI is InChI=1S/C18H30FN/c1-6-12-20-17(13-14(3)7-2)18(4,5)15-8-10-16(19)11-9-15/h8-11,14,17,20H,6-7,12-13H2,1-5H3. The molecule has 20 heavy (non-hydrogen) atoms. The Labute approximate surface area is 124 Å². The van der Waals surface area contributed by atoms with Crippen molar-refractivity contribution in [1.29, 1.82) is 0 Å². The van der Waals surface area contributed by atoms with Gasteiger partial charge in [0.05, 0.1) is 0 Å². The summed E-state index contributed by atoms with van der Waals surface area (Å²) in [4.78, 5) is 0. The summed E-state index contributed by atoms with van der Waals surface area (Å²) in [5, 5.41) is 3.69. The van der Waals surface area contributed by atoms with Gasteiger partial charge in [-0.15, -0.1) is 0 Å². The monoisotopic (exact) mass is 279 g/mol. The van der Waals surface area contributed by atoms with Gasteiger partial charge in [0.15, 0.2) is 0 Å². The van der Waals surface area contributed by atoms with Crippen molar-refractivity contribution < 1.29 is 4.39 Å². The van der Waals surface area contributed by atoms with Crippen molar-refractivity contribution in [2.24, 2.45) is 5.92 Å². The second-order valence-electron chi connectivity index (χ2n) is 6.48. The van der Waals surface area contributed by atoms with Crippen molar-refractivity contribution in [3.8, 4) is 0 Å². The molecular weight excluding hydrogens is 249 g/mol. The first-order chi connectivity index (χ1) is 9.41. The summed E-state index contributed by atoms with van der Waals surface area (Å²) in [6.45, 7) is 12.3. The largest absolute Gasteiger partial charge is 0.313 e. The minimum absolute atomic E-state index is 0.00625. The molecule has 2 atom stereocenters. The highest BCUT2D eigenvalue weighted by Crippen LogP contribution is 2.31. The van der Waals surface area contributed by atoms with E-state index in [0.717, 1.165) is 19.4 Å². The van der Waals surface area contributed by atoms with Gasteiger partial charge in [0.25, 0.3) is 0 Å². The normalized spacial score (nSPS) is 15.1. The van der Waals surface area contributed by atoms with Crippen LogP contribution in [0.25, 0.3) is 0 Å². The summed E-state index contributed by atoms with van der Waals surface area (Å²) in [5.41, 5.74) is 1.21. The number of rotatable bonds is 8. The molecule has 2 unspecified atom stereocenters. The van der Waals surface area contributed by atoms with Crippen LogP contribution >= 0.6 is 0 Å². The molecule has 1 N–H and O–H groups in total. The van der Waals surface area contributed by atoms with Gasteiger partial charge in [-0.25, -0.2) is 4.39 Å². The van der Waals surface area contributed by atoms with Gasteiger partial charge in [0.2, 0.25) is 0 Å². The van der Waals surface area contributed by atoms with E-state index >= 15 is 0 Å². The molecule has 0 radical (unpaired) electrons. The van der Waals surface area contributed by atoms with E-state index in [0.29, 0.717) is 12.0 Å². The molecule has 1 aromatic carbocycles. The molecular formula is C18H30FN. The number of nitrogens with one attached hydrogen (secondary N) is 1. The second-order valence-corrected chi connectivity index (χ2v) is 6.48. The van der Waals surface area contributed by atoms with Crippen LogP contribution in [0.1, 0.15) is 59.4 Å². The highest BCUT2D eigenvalue weighted by atomic mass is 19.1. The maximum atomic E-state index is 13.1. The average molecular weight is 279 g/mol. The molecule has 0 amide bonds. The van der Waals surface area contributed by atoms with Crippen molar-refractivity contribution in [2.45, 2.75) is 65.3 Å². The Morgan fingerprint density at radius 3 is 2.25 bits per heavy atom. The minimum atomic E-state index is -0.162. The zero-order valence-electron chi connectivity index (χ0n) is 13.7. The van der Waals surface area contributed by atoms with E-state index in [1.165, 1.54) is 12.0 Å². The summed E-state index contributed by atoms with van der Waals surface area (Å²) in [6, 6.07) is 7.40. The maximum Gasteiger partial charge on any atom is 0.123 e. The van der Waals surface area contributed by atoms with Crippen molar-refractivity contribution in [1.82, 2.24) is 5.32 Å². The zero-order valence-corrected chi connectivity index (χ0v) is 13.7. The number of benzene rings is 1. The molecule has 1 nitrogen and oxygen atoms in total. The fourth-order valence-corrected chi connectivity index (χ4v) is 2.60. The predicted octanol–water partition coefficient (Wildman–Crippen LogP) is 4.91. The molecule has 0 spiro atoms. The predicted molar refractivity (Wildman–Crippen MR) is 85.6 cm³/mol. The van der Waals surface area contributed by atoms with Gasteiger partial charge in [0.1, 0.15) is 5.82 Å². The van der Waals surface area contributed by atoms with E-state index in [9.17, 15) is 4.39 Å². The molecule has 0 saturated heterocycles. The lowest BCUT2D eigenvalue weighted by atomic mass is 9.74. The third kappa shape index (κ3) is 4.59.